The van der Waals surface area contributed by atoms with Gasteiger partial charge in [0.25, 0.3) is 0 Å². The first-order valence-corrected chi connectivity index (χ1v) is 11.9. The number of carbonyl (C=O) groups excluding carboxylic acids is 1. The molecule has 7 nitrogen and oxygen atoms in total. The molecule has 1 aromatic heterocycles. The summed E-state index contributed by atoms with van der Waals surface area (Å²) in [6, 6.07) is 12.0. The average Bonchev–Trinajstić information content (AvgIpc) is 3.22. The number of para-hydroxylation sites is 2. The van der Waals surface area contributed by atoms with Crippen LogP contribution in [0.1, 0.15) is 25.1 Å². The number of piperidine rings is 1. The van der Waals surface area contributed by atoms with Gasteiger partial charge in [-0.25, -0.2) is 4.39 Å². The summed E-state index contributed by atoms with van der Waals surface area (Å²) in [4.78, 5) is 14.8. The molecule has 0 saturated carbocycles. The second kappa shape index (κ2) is 11.4. The van der Waals surface area contributed by atoms with Gasteiger partial charge in [0, 0.05) is 5.69 Å². The first-order valence-electron chi connectivity index (χ1n) is 10.9. The van der Waals surface area contributed by atoms with Gasteiger partial charge >= 0.3 is 6.61 Å². The van der Waals surface area contributed by atoms with E-state index in [1.54, 1.807) is 18.2 Å². The van der Waals surface area contributed by atoms with Crippen molar-refractivity contribution >= 4 is 23.4 Å². The van der Waals surface area contributed by atoms with Crippen molar-refractivity contribution in [2.24, 2.45) is 0 Å². The van der Waals surface area contributed by atoms with Gasteiger partial charge in [-0.3, -0.25) is 14.3 Å². The monoisotopic (exact) mass is 491 g/mol. The number of amides is 1. The molecule has 0 unspecified atom stereocenters. The van der Waals surface area contributed by atoms with Crippen LogP contribution in [-0.4, -0.2) is 51.0 Å². The van der Waals surface area contributed by atoms with Crippen molar-refractivity contribution in [1.82, 2.24) is 19.7 Å². The highest BCUT2D eigenvalue weighted by Crippen LogP contribution is 2.27. The minimum absolute atomic E-state index is 0.0357. The highest BCUT2D eigenvalue weighted by atomic mass is 32.2. The molecule has 2 heterocycles. The molecule has 3 aromatic rings. The lowest BCUT2D eigenvalue weighted by atomic mass is 10.1. The van der Waals surface area contributed by atoms with Crippen LogP contribution in [0.3, 0.4) is 0 Å². The molecule has 0 atom stereocenters. The number of anilines is 1. The van der Waals surface area contributed by atoms with Gasteiger partial charge in [0.05, 0.1) is 18.0 Å². The number of alkyl halides is 2. The molecule has 1 fully saturated rings. The summed E-state index contributed by atoms with van der Waals surface area (Å²) in [5, 5.41) is 11.7. The van der Waals surface area contributed by atoms with Crippen LogP contribution in [0, 0.1) is 5.82 Å². The Balaban J connectivity index is 1.49. The lowest BCUT2D eigenvalue weighted by Crippen LogP contribution is -2.30. The molecule has 1 amide bonds. The molecule has 0 aliphatic carbocycles. The van der Waals surface area contributed by atoms with Crippen LogP contribution in [0.15, 0.2) is 53.7 Å². The van der Waals surface area contributed by atoms with Crippen molar-refractivity contribution in [2.75, 3.05) is 24.2 Å². The van der Waals surface area contributed by atoms with Gasteiger partial charge < -0.3 is 10.1 Å². The second-order valence-corrected chi connectivity index (χ2v) is 8.70. The van der Waals surface area contributed by atoms with Crippen LogP contribution in [0.25, 0.3) is 5.69 Å². The fraction of sp³-hybridized carbons (Fsp3) is 0.348. The first kappa shape index (κ1) is 24.1. The molecule has 1 saturated heterocycles. The van der Waals surface area contributed by atoms with Crippen molar-refractivity contribution in [3.05, 3.63) is 60.2 Å². The maximum atomic E-state index is 13.5. The van der Waals surface area contributed by atoms with Crippen LogP contribution in [0.2, 0.25) is 0 Å². The quantitative estimate of drug-likeness (QED) is 0.437. The van der Waals surface area contributed by atoms with E-state index in [-0.39, 0.29) is 23.0 Å². The average molecular weight is 492 g/mol. The number of hydrogen-bond donors (Lipinski definition) is 1. The van der Waals surface area contributed by atoms with Gasteiger partial charge in [0.2, 0.25) is 5.91 Å². The SMILES string of the molecule is O=C(CSc1nnc(CN2CCCCC2)n1-c1ccc(F)cc1)Nc1ccccc1OC(F)F. The second-order valence-electron chi connectivity index (χ2n) is 7.76. The van der Waals surface area contributed by atoms with Crippen molar-refractivity contribution in [1.29, 1.82) is 0 Å². The van der Waals surface area contributed by atoms with Crippen molar-refractivity contribution in [3.63, 3.8) is 0 Å². The molecule has 180 valence electrons. The molecule has 1 aliphatic heterocycles. The molecular weight excluding hydrogens is 467 g/mol. The number of thioether (sulfide) groups is 1. The molecule has 1 N–H and O–H groups in total. The van der Waals surface area contributed by atoms with E-state index < -0.39 is 12.5 Å². The summed E-state index contributed by atoms with van der Waals surface area (Å²) in [5.41, 5.74) is 0.844. The van der Waals surface area contributed by atoms with Crippen molar-refractivity contribution < 1.29 is 22.7 Å². The molecular formula is C23H24F3N5O2S. The maximum absolute atomic E-state index is 13.5. The molecule has 2 aromatic carbocycles. The number of hydrogen-bond acceptors (Lipinski definition) is 6. The Morgan fingerprint density at radius 3 is 2.53 bits per heavy atom. The fourth-order valence-electron chi connectivity index (χ4n) is 3.75. The van der Waals surface area contributed by atoms with E-state index in [9.17, 15) is 18.0 Å². The number of benzene rings is 2. The lowest BCUT2D eigenvalue weighted by molar-refractivity contribution is -0.113. The number of likely N-dealkylation sites (tertiary alicyclic amines) is 1. The minimum Gasteiger partial charge on any atom is -0.433 e. The third-order valence-corrected chi connectivity index (χ3v) is 6.24. The Kier molecular flexibility index (Phi) is 8.07. The summed E-state index contributed by atoms with van der Waals surface area (Å²) in [6.45, 7) is -0.460. The Bertz CT molecular complexity index is 1100. The smallest absolute Gasteiger partial charge is 0.387 e. The topological polar surface area (TPSA) is 72.3 Å². The number of nitrogens with one attached hydrogen (secondary N) is 1. The van der Waals surface area contributed by atoms with Crippen LogP contribution < -0.4 is 10.1 Å². The largest absolute Gasteiger partial charge is 0.433 e. The van der Waals surface area contributed by atoms with Crippen LogP contribution in [0.5, 0.6) is 5.75 Å². The van der Waals surface area contributed by atoms with Gasteiger partial charge in [0.1, 0.15) is 11.6 Å². The number of aromatic nitrogens is 3. The molecule has 11 heteroatoms. The van der Waals surface area contributed by atoms with Crippen LogP contribution >= 0.6 is 11.8 Å². The summed E-state index contributed by atoms with van der Waals surface area (Å²) in [5.74, 6) is -0.220. The Morgan fingerprint density at radius 1 is 1.06 bits per heavy atom. The molecule has 0 spiro atoms. The molecule has 0 bridgehead atoms. The van der Waals surface area contributed by atoms with Gasteiger partial charge in [-0.2, -0.15) is 8.78 Å². The Hall–Kier alpha value is -3.05. The minimum atomic E-state index is -3.00. The van der Waals surface area contributed by atoms with E-state index in [2.05, 4.69) is 25.2 Å². The standard InChI is InChI=1S/C23H24F3N5O2S/c24-16-8-10-17(11-9-16)31-20(14-30-12-4-1-5-13-30)28-29-23(31)34-15-21(32)27-18-6-2-3-7-19(18)33-22(25)26/h2-3,6-11,22H,1,4-5,12-15H2,(H,27,32). The predicted octanol–water partition coefficient (Wildman–Crippen LogP) is 4.72. The number of rotatable bonds is 9. The maximum Gasteiger partial charge on any atom is 0.387 e. The van der Waals surface area contributed by atoms with E-state index >= 15 is 0 Å². The highest BCUT2D eigenvalue weighted by Gasteiger charge is 2.20. The van der Waals surface area contributed by atoms with Gasteiger partial charge in [0.15, 0.2) is 11.0 Å². The summed E-state index contributed by atoms with van der Waals surface area (Å²) in [6.07, 6.45) is 3.47. The fourth-order valence-corrected chi connectivity index (χ4v) is 4.52. The normalized spacial score (nSPS) is 14.4. The van der Waals surface area contributed by atoms with E-state index in [0.29, 0.717) is 23.2 Å². The van der Waals surface area contributed by atoms with Gasteiger partial charge in [-0.15, -0.1) is 10.2 Å². The molecule has 0 radical (unpaired) electrons. The van der Waals surface area contributed by atoms with E-state index in [1.807, 2.05) is 4.57 Å². The number of nitrogens with zero attached hydrogens (tertiary/aromatic N) is 4. The number of halogens is 3. The number of ether oxygens (including phenoxy) is 1. The lowest BCUT2D eigenvalue weighted by Gasteiger charge is -2.26. The van der Waals surface area contributed by atoms with Crippen LogP contribution in [0.4, 0.5) is 18.9 Å². The highest BCUT2D eigenvalue weighted by molar-refractivity contribution is 7.99. The van der Waals surface area contributed by atoms with Gasteiger partial charge in [-0.05, 0) is 62.3 Å². The zero-order valence-corrected chi connectivity index (χ0v) is 19.1. The third-order valence-electron chi connectivity index (χ3n) is 5.31. The van der Waals surface area contributed by atoms with Gasteiger partial charge in [-0.1, -0.05) is 30.3 Å². The zero-order valence-electron chi connectivity index (χ0n) is 18.3. The van der Waals surface area contributed by atoms with E-state index in [1.165, 1.54) is 36.8 Å². The van der Waals surface area contributed by atoms with Crippen molar-refractivity contribution in [2.45, 2.75) is 37.6 Å². The first-order chi connectivity index (χ1) is 16.5. The Labute approximate surface area is 199 Å². The van der Waals surface area contributed by atoms with Crippen molar-refractivity contribution in [3.8, 4) is 11.4 Å². The molecule has 34 heavy (non-hydrogen) atoms. The van der Waals surface area contributed by atoms with E-state index in [0.717, 1.165) is 37.7 Å². The summed E-state index contributed by atoms with van der Waals surface area (Å²) < 4.78 is 45.0. The predicted molar refractivity (Wildman–Crippen MR) is 123 cm³/mol. The van der Waals surface area contributed by atoms with Crippen LogP contribution in [-0.2, 0) is 11.3 Å². The number of carbonyl (C=O) groups is 1. The zero-order chi connectivity index (χ0) is 23.9. The van der Waals surface area contributed by atoms with E-state index in [4.69, 9.17) is 0 Å². The molecule has 4 rings (SSSR count). The Morgan fingerprint density at radius 2 is 1.79 bits per heavy atom. The summed E-state index contributed by atoms with van der Waals surface area (Å²) in [7, 11) is 0. The molecule has 1 aliphatic rings. The summed E-state index contributed by atoms with van der Waals surface area (Å²) >= 11 is 1.15. The third kappa shape index (κ3) is 6.29.